The van der Waals surface area contributed by atoms with Crippen molar-refractivity contribution in [2.45, 2.75) is 50.3 Å². The van der Waals surface area contributed by atoms with Crippen molar-refractivity contribution in [1.29, 1.82) is 0 Å². The second kappa shape index (κ2) is 4.83. The molecule has 2 fully saturated rings. The first-order chi connectivity index (χ1) is 8.29. The summed E-state index contributed by atoms with van der Waals surface area (Å²) in [6, 6.07) is 4.82. The van der Waals surface area contributed by atoms with Crippen LogP contribution in [0.1, 0.15) is 32.1 Å². The van der Waals surface area contributed by atoms with Crippen molar-refractivity contribution in [3.63, 3.8) is 0 Å². The number of hydrogen-bond acceptors (Lipinski definition) is 3. The third-order valence-corrected chi connectivity index (χ3v) is 3.89. The normalized spacial score (nSPS) is 32.2. The molecule has 17 heavy (non-hydrogen) atoms. The Morgan fingerprint density at radius 2 is 2.06 bits per heavy atom. The maximum absolute atomic E-state index is 5.94. The molecule has 0 aromatic carbocycles. The van der Waals surface area contributed by atoms with Crippen LogP contribution >= 0.6 is 11.6 Å². The summed E-state index contributed by atoms with van der Waals surface area (Å²) in [7, 11) is 0. The highest BCUT2D eigenvalue weighted by atomic mass is 35.5. The van der Waals surface area contributed by atoms with Gasteiger partial charge in [0.1, 0.15) is 6.10 Å². The number of nitrogens with zero attached hydrogens (tertiary/aromatic N) is 1. The number of hydrogen-bond donors (Lipinski definition) is 1. The summed E-state index contributed by atoms with van der Waals surface area (Å²) >= 11 is 5.93. The van der Waals surface area contributed by atoms with Crippen LogP contribution in [0.3, 0.4) is 0 Å². The molecular weight excluding hydrogens is 236 g/mol. The molecule has 0 amide bonds. The molecule has 3 rings (SSSR count). The number of pyridine rings is 1. The first-order valence-corrected chi connectivity index (χ1v) is 6.71. The van der Waals surface area contributed by atoms with E-state index in [0.717, 1.165) is 12.8 Å². The number of halogens is 1. The Morgan fingerprint density at radius 3 is 2.76 bits per heavy atom. The van der Waals surface area contributed by atoms with Gasteiger partial charge in [-0.3, -0.25) is 0 Å². The molecule has 2 unspecified atom stereocenters. The van der Waals surface area contributed by atoms with Gasteiger partial charge in [0, 0.05) is 29.4 Å². The van der Waals surface area contributed by atoms with Crippen LogP contribution in [-0.2, 0) is 0 Å². The molecule has 1 aromatic rings. The SMILES string of the molecule is Clc1ccnc(OC2CC3CCCC(C2)N3)c1. The molecule has 0 radical (unpaired) electrons. The summed E-state index contributed by atoms with van der Waals surface area (Å²) in [5.74, 6) is 0.655. The van der Waals surface area contributed by atoms with Crippen molar-refractivity contribution < 1.29 is 4.74 Å². The summed E-state index contributed by atoms with van der Waals surface area (Å²) < 4.78 is 5.94. The fourth-order valence-electron chi connectivity index (χ4n) is 2.93. The molecule has 0 saturated carbocycles. The lowest BCUT2D eigenvalue weighted by atomic mass is 9.85. The van der Waals surface area contributed by atoms with E-state index < -0.39 is 0 Å². The molecule has 4 heteroatoms. The van der Waals surface area contributed by atoms with Crippen LogP contribution in [-0.4, -0.2) is 23.2 Å². The third-order valence-electron chi connectivity index (χ3n) is 3.66. The summed E-state index contributed by atoms with van der Waals surface area (Å²) in [4.78, 5) is 4.20. The van der Waals surface area contributed by atoms with Gasteiger partial charge in [0.15, 0.2) is 0 Å². The van der Waals surface area contributed by atoms with Crippen LogP contribution in [0.4, 0.5) is 0 Å². The molecule has 3 heterocycles. The van der Waals surface area contributed by atoms with Gasteiger partial charge in [-0.2, -0.15) is 0 Å². The maximum Gasteiger partial charge on any atom is 0.214 e. The Labute approximate surface area is 107 Å². The minimum absolute atomic E-state index is 0.289. The Hall–Kier alpha value is -0.800. The zero-order chi connectivity index (χ0) is 11.7. The third kappa shape index (κ3) is 2.72. The number of fused-ring (bicyclic) bond motifs is 2. The molecule has 1 N–H and O–H groups in total. The molecule has 0 aliphatic carbocycles. The van der Waals surface area contributed by atoms with E-state index in [1.54, 1.807) is 18.3 Å². The molecule has 2 aliphatic rings. The quantitative estimate of drug-likeness (QED) is 0.879. The number of aromatic nitrogens is 1. The van der Waals surface area contributed by atoms with E-state index in [-0.39, 0.29) is 6.10 Å². The number of ether oxygens (including phenoxy) is 1. The molecular formula is C13H17ClN2O. The van der Waals surface area contributed by atoms with Gasteiger partial charge >= 0.3 is 0 Å². The minimum Gasteiger partial charge on any atom is -0.474 e. The van der Waals surface area contributed by atoms with Crippen molar-refractivity contribution in [3.05, 3.63) is 23.4 Å². The fraction of sp³-hybridized carbons (Fsp3) is 0.615. The highest BCUT2D eigenvalue weighted by Gasteiger charge is 2.32. The molecule has 2 atom stereocenters. The largest absolute Gasteiger partial charge is 0.474 e. The Bertz CT molecular complexity index is 387. The first-order valence-electron chi connectivity index (χ1n) is 6.34. The Morgan fingerprint density at radius 1 is 1.29 bits per heavy atom. The van der Waals surface area contributed by atoms with E-state index in [2.05, 4.69) is 10.3 Å². The first kappa shape index (κ1) is 11.3. The van der Waals surface area contributed by atoms with E-state index in [1.165, 1.54) is 19.3 Å². The molecule has 1 aromatic heterocycles. The van der Waals surface area contributed by atoms with Crippen LogP contribution in [0, 0.1) is 0 Å². The summed E-state index contributed by atoms with van der Waals surface area (Å²) in [6.45, 7) is 0. The zero-order valence-electron chi connectivity index (χ0n) is 9.73. The summed E-state index contributed by atoms with van der Waals surface area (Å²) in [6.07, 6.45) is 8.07. The van der Waals surface area contributed by atoms with Crippen molar-refractivity contribution in [2.75, 3.05) is 0 Å². The minimum atomic E-state index is 0.289. The average molecular weight is 253 g/mol. The molecule has 3 nitrogen and oxygen atoms in total. The smallest absolute Gasteiger partial charge is 0.214 e. The van der Waals surface area contributed by atoms with Crippen LogP contribution in [0.15, 0.2) is 18.3 Å². The van der Waals surface area contributed by atoms with Gasteiger partial charge in [-0.15, -0.1) is 0 Å². The van der Waals surface area contributed by atoms with E-state index in [9.17, 15) is 0 Å². The predicted octanol–water partition coefficient (Wildman–Crippen LogP) is 2.79. The van der Waals surface area contributed by atoms with Crippen molar-refractivity contribution in [1.82, 2.24) is 10.3 Å². The van der Waals surface area contributed by atoms with Crippen LogP contribution in [0.2, 0.25) is 5.02 Å². The predicted molar refractivity (Wildman–Crippen MR) is 67.5 cm³/mol. The topological polar surface area (TPSA) is 34.1 Å². The van der Waals surface area contributed by atoms with Gasteiger partial charge in [0.2, 0.25) is 5.88 Å². The standard InChI is InChI=1S/C13H17ClN2O/c14-9-4-5-15-13(6-9)17-12-7-10-2-1-3-11(8-12)16-10/h4-6,10-12,16H,1-3,7-8H2. The molecule has 0 spiro atoms. The van der Waals surface area contributed by atoms with E-state index in [0.29, 0.717) is 23.0 Å². The lowest BCUT2D eigenvalue weighted by molar-refractivity contribution is 0.0890. The van der Waals surface area contributed by atoms with Gasteiger partial charge in [-0.25, -0.2) is 4.98 Å². The van der Waals surface area contributed by atoms with Crippen molar-refractivity contribution in [2.24, 2.45) is 0 Å². The van der Waals surface area contributed by atoms with E-state index >= 15 is 0 Å². The molecule has 92 valence electrons. The lowest BCUT2D eigenvalue weighted by Crippen LogP contribution is -2.51. The number of rotatable bonds is 2. The Kier molecular flexibility index (Phi) is 3.21. The van der Waals surface area contributed by atoms with E-state index in [4.69, 9.17) is 16.3 Å². The van der Waals surface area contributed by atoms with Gasteiger partial charge in [-0.1, -0.05) is 18.0 Å². The van der Waals surface area contributed by atoms with Crippen LogP contribution in [0.25, 0.3) is 0 Å². The van der Waals surface area contributed by atoms with E-state index in [1.807, 2.05) is 0 Å². The average Bonchev–Trinajstić information content (AvgIpc) is 2.28. The number of nitrogens with one attached hydrogen (secondary N) is 1. The molecule has 2 aliphatic heterocycles. The summed E-state index contributed by atoms with van der Waals surface area (Å²) in [5.41, 5.74) is 0. The van der Waals surface area contributed by atoms with Gasteiger partial charge in [-0.05, 0) is 31.7 Å². The lowest BCUT2D eigenvalue weighted by Gasteiger charge is -2.40. The van der Waals surface area contributed by atoms with Crippen LogP contribution in [0.5, 0.6) is 5.88 Å². The van der Waals surface area contributed by atoms with Crippen LogP contribution < -0.4 is 10.1 Å². The maximum atomic E-state index is 5.94. The monoisotopic (exact) mass is 252 g/mol. The van der Waals surface area contributed by atoms with Gasteiger partial charge < -0.3 is 10.1 Å². The second-order valence-electron chi connectivity index (χ2n) is 5.01. The highest BCUT2D eigenvalue weighted by Crippen LogP contribution is 2.28. The number of piperidine rings is 2. The van der Waals surface area contributed by atoms with Gasteiger partial charge in [0.05, 0.1) is 0 Å². The second-order valence-corrected chi connectivity index (χ2v) is 5.45. The highest BCUT2D eigenvalue weighted by molar-refractivity contribution is 6.30. The fourth-order valence-corrected chi connectivity index (χ4v) is 3.08. The molecule has 2 saturated heterocycles. The zero-order valence-corrected chi connectivity index (χ0v) is 10.5. The van der Waals surface area contributed by atoms with Crippen molar-refractivity contribution >= 4 is 11.6 Å². The van der Waals surface area contributed by atoms with Crippen molar-refractivity contribution in [3.8, 4) is 5.88 Å². The van der Waals surface area contributed by atoms with Gasteiger partial charge in [0.25, 0.3) is 0 Å². The summed E-state index contributed by atoms with van der Waals surface area (Å²) in [5, 5.41) is 4.34. The molecule has 2 bridgehead atoms. The Balaban J connectivity index is 1.65.